The van der Waals surface area contributed by atoms with Gasteiger partial charge in [-0.15, -0.1) is 0 Å². The monoisotopic (exact) mass is 423 g/mol. The minimum Gasteiger partial charge on any atom is -0.309 e. The largest absolute Gasteiger partial charge is 0.309 e. The first-order valence-electron chi connectivity index (χ1n) is 10.7. The number of hydrogen-bond donors (Lipinski definition) is 1. The lowest BCUT2D eigenvalue weighted by Crippen LogP contribution is -2.20. The zero-order valence-electron chi connectivity index (χ0n) is 17.5. The predicted molar refractivity (Wildman–Crippen MR) is 123 cm³/mol. The number of hydrogen-bond acceptors (Lipinski definition) is 3. The fourth-order valence-corrected chi connectivity index (χ4v) is 4.12. The van der Waals surface area contributed by atoms with Crippen LogP contribution in [0, 0.1) is 5.82 Å². The van der Waals surface area contributed by atoms with Crippen molar-refractivity contribution in [1.82, 2.24) is 9.97 Å². The number of rotatable bonds is 5. The average molecular weight is 423 g/mol. The molecule has 0 atom stereocenters. The van der Waals surface area contributed by atoms with Crippen LogP contribution in [0.5, 0.6) is 0 Å². The lowest BCUT2D eigenvalue weighted by Gasteiger charge is -2.21. The Balaban J connectivity index is 1.52. The lowest BCUT2D eigenvalue weighted by molar-refractivity contribution is -0.115. The van der Waals surface area contributed by atoms with Crippen LogP contribution in [0.15, 0.2) is 78.9 Å². The van der Waals surface area contributed by atoms with Crippen LogP contribution in [-0.4, -0.2) is 15.9 Å². The molecule has 1 aliphatic rings. The Kier molecular flexibility index (Phi) is 5.46. The number of carbonyl (C=O) groups is 1. The van der Waals surface area contributed by atoms with Crippen LogP contribution in [0.25, 0.3) is 11.3 Å². The van der Waals surface area contributed by atoms with Crippen LogP contribution >= 0.6 is 0 Å². The number of carbonyl (C=O) groups excluding carboxylic acids is 1. The van der Waals surface area contributed by atoms with Gasteiger partial charge < -0.3 is 5.32 Å². The number of halogens is 1. The fourth-order valence-electron chi connectivity index (χ4n) is 4.12. The number of amides is 1. The van der Waals surface area contributed by atoms with Crippen molar-refractivity contribution in [3.8, 4) is 11.3 Å². The molecule has 0 fully saturated rings. The van der Waals surface area contributed by atoms with Gasteiger partial charge in [-0.2, -0.15) is 0 Å². The van der Waals surface area contributed by atoms with Gasteiger partial charge in [0.2, 0.25) is 5.91 Å². The zero-order chi connectivity index (χ0) is 21.9. The number of aromatic nitrogens is 2. The number of benzene rings is 3. The summed E-state index contributed by atoms with van der Waals surface area (Å²) in [7, 11) is 0. The number of nitrogens with one attached hydrogen (secondary N) is 1. The van der Waals surface area contributed by atoms with Crippen molar-refractivity contribution < 1.29 is 9.18 Å². The maximum Gasteiger partial charge on any atom is 0.229 e. The first-order valence-corrected chi connectivity index (χ1v) is 10.7. The van der Waals surface area contributed by atoms with Gasteiger partial charge in [-0.05, 0) is 47.7 Å². The molecule has 1 aliphatic carbocycles. The third kappa shape index (κ3) is 4.28. The average Bonchev–Trinajstić information content (AvgIpc) is 2.80. The molecule has 3 aromatic carbocycles. The highest BCUT2D eigenvalue weighted by Crippen LogP contribution is 2.33. The molecule has 0 unspecified atom stereocenters. The van der Waals surface area contributed by atoms with Gasteiger partial charge in [-0.1, -0.05) is 60.7 Å². The number of fused-ring (bicyclic) bond motifs is 3. The molecule has 32 heavy (non-hydrogen) atoms. The summed E-state index contributed by atoms with van der Waals surface area (Å²) in [5, 5.41) is 2.99. The second-order valence-corrected chi connectivity index (χ2v) is 7.99. The third-order valence-electron chi connectivity index (χ3n) is 5.67. The Morgan fingerprint density at radius 3 is 2.34 bits per heavy atom. The molecule has 0 saturated heterocycles. The molecule has 0 radical (unpaired) electrons. The van der Waals surface area contributed by atoms with Crippen molar-refractivity contribution >= 4 is 11.7 Å². The Morgan fingerprint density at radius 1 is 0.875 bits per heavy atom. The highest BCUT2D eigenvalue weighted by atomic mass is 19.1. The molecule has 4 nitrogen and oxygen atoms in total. The van der Waals surface area contributed by atoms with E-state index in [1.807, 2.05) is 60.7 Å². The SMILES string of the molecule is O=C(Cc1ccccc1)Nc1nc2c(nc1Cc1ccccc1)-c1ccc(F)cc1CC2. The van der Waals surface area contributed by atoms with Crippen molar-refractivity contribution in [2.24, 2.45) is 0 Å². The predicted octanol–water partition coefficient (Wildman–Crippen LogP) is 5.15. The van der Waals surface area contributed by atoms with Crippen LogP contribution in [-0.2, 0) is 30.5 Å². The van der Waals surface area contributed by atoms with Gasteiger partial charge >= 0.3 is 0 Å². The van der Waals surface area contributed by atoms with Crippen molar-refractivity contribution in [3.63, 3.8) is 0 Å². The fraction of sp³-hybridized carbons (Fsp3) is 0.148. The zero-order valence-corrected chi connectivity index (χ0v) is 17.5. The molecule has 0 bridgehead atoms. The Labute approximate surface area is 186 Å². The van der Waals surface area contributed by atoms with Crippen molar-refractivity contribution in [2.45, 2.75) is 25.7 Å². The van der Waals surface area contributed by atoms with Crippen LogP contribution < -0.4 is 5.32 Å². The minimum absolute atomic E-state index is 0.127. The topological polar surface area (TPSA) is 54.9 Å². The van der Waals surface area contributed by atoms with E-state index >= 15 is 0 Å². The van der Waals surface area contributed by atoms with Gasteiger partial charge in [0.05, 0.1) is 23.5 Å². The van der Waals surface area contributed by atoms with E-state index in [1.165, 1.54) is 6.07 Å². The molecule has 5 rings (SSSR count). The van der Waals surface area contributed by atoms with Gasteiger partial charge in [-0.3, -0.25) is 4.79 Å². The van der Waals surface area contributed by atoms with E-state index in [0.717, 1.165) is 33.6 Å². The minimum atomic E-state index is -0.241. The van der Waals surface area contributed by atoms with Gasteiger partial charge in [0.25, 0.3) is 0 Å². The summed E-state index contributed by atoms with van der Waals surface area (Å²) in [5.74, 6) is 0.131. The normalized spacial score (nSPS) is 12.0. The van der Waals surface area contributed by atoms with E-state index in [-0.39, 0.29) is 18.1 Å². The van der Waals surface area contributed by atoms with E-state index in [1.54, 1.807) is 12.1 Å². The summed E-state index contributed by atoms with van der Waals surface area (Å²) in [5.41, 5.74) is 6.18. The molecule has 0 spiro atoms. The molecule has 0 saturated carbocycles. The summed E-state index contributed by atoms with van der Waals surface area (Å²) in [6.45, 7) is 0. The molecule has 1 amide bonds. The van der Waals surface area contributed by atoms with Crippen LogP contribution in [0.4, 0.5) is 10.2 Å². The first-order chi connectivity index (χ1) is 15.7. The maximum atomic E-state index is 13.7. The van der Waals surface area contributed by atoms with E-state index in [0.29, 0.717) is 30.8 Å². The van der Waals surface area contributed by atoms with Crippen LogP contribution in [0.3, 0.4) is 0 Å². The smallest absolute Gasteiger partial charge is 0.229 e. The number of aryl methyl sites for hydroxylation is 2. The van der Waals surface area contributed by atoms with E-state index in [4.69, 9.17) is 9.97 Å². The van der Waals surface area contributed by atoms with Gasteiger partial charge in [-0.25, -0.2) is 14.4 Å². The summed E-state index contributed by atoms with van der Waals surface area (Å²) >= 11 is 0. The lowest BCUT2D eigenvalue weighted by atomic mass is 9.91. The Bertz CT molecular complexity index is 1270. The quantitative estimate of drug-likeness (QED) is 0.483. The second kappa shape index (κ2) is 8.71. The van der Waals surface area contributed by atoms with Crippen LogP contribution in [0.2, 0.25) is 0 Å². The standard InChI is InChI=1S/C27H22FN3O/c28-21-12-13-22-20(17-21)11-14-23-26(22)29-24(15-18-7-3-1-4-8-18)27(30-23)31-25(32)16-19-9-5-2-6-10-19/h1-10,12-13,17H,11,14-16H2,(H,30,31,32). The molecule has 5 heteroatoms. The van der Waals surface area contributed by atoms with E-state index in [2.05, 4.69) is 5.32 Å². The maximum absolute atomic E-state index is 13.7. The molecular weight excluding hydrogens is 401 g/mol. The molecule has 158 valence electrons. The third-order valence-corrected chi connectivity index (χ3v) is 5.67. The van der Waals surface area contributed by atoms with Gasteiger partial charge in [0.15, 0.2) is 5.82 Å². The molecule has 1 heterocycles. The van der Waals surface area contributed by atoms with Crippen molar-refractivity contribution in [3.05, 3.63) is 113 Å². The molecular formula is C27H22FN3O. The number of anilines is 1. The molecule has 0 aliphatic heterocycles. The van der Waals surface area contributed by atoms with Crippen LogP contribution in [0.1, 0.15) is 28.1 Å². The summed E-state index contributed by atoms with van der Waals surface area (Å²) in [6.07, 6.45) is 2.17. The van der Waals surface area contributed by atoms with Gasteiger partial charge in [0, 0.05) is 12.0 Å². The molecule has 4 aromatic rings. The summed E-state index contributed by atoms with van der Waals surface area (Å²) in [4.78, 5) is 22.5. The van der Waals surface area contributed by atoms with Crippen molar-refractivity contribution in [2.75, 3.05) is 5.32 Å². The van der Waals surface area contributed by atoms with E-state index < -0.39 is 0 Å². The van der Waals surface area contributed by atoms with Gasteiger partial charge in [0.1, 0.15) is 5.82 Å². The van der Waals surface area contributed by atoms with E-state index in [9.17, 15) is 9.18 Å². The Hall–Kier alpha value is -3.86. The summed E-state index contributed by atoms with van der Waals surface area (Å²) in [6, 6.07) is 24.4. The highest BCUT2D eigenvalue weighted by molar-refractivity contribution is 5.92. The first kappa shape index (κ1) is 20.1. The summed E-state index contributed by atoms with van der Waals surface area (Å²) < 4.78 is 13.7. The Morgan fingerprint density at radius 2 is 1.59 bits per heavy atom. The molecule has 1 aromatic heterocycles. The van der Waals surface area contributed by atoms with Crippen molar-refractivity contribution in [1.29, 1.82) is 0 Å². The second-order valence-electron chi connectivity index (χ2n) is 7.99. The highest BCUT2D eigenvalue weighted by Gasteiger charge is 2.23. The number of nitrogens with zero attached hydrogens (tertiary/aromatic N) is 2. The molecule has 1 N–H and O–H groups in total.